The molecule has 0 fully saturated rings. The molecule has 0 saturated carbocycles. The SMILES string of the molecule is CCCCCCCCCCCCCCCCCCCCCCCCCCCCC(=O)C(=O)OCCCC. The van der Waals surface area contributed by atoms with Gasteiger partial charge in [-0.25, -0.2) is 4.79 Å². The van der Waals surface area contributed by atoms with Crippen LogP contribution in [0, 0.1) is 0 Å². The second kappa shape index (κ2) is 31.4. The van der Waals surface area contributed by atoms with Gasteiger partial charge in [-0.2, -0.15) is 0 Å². The molecule has 0 aliphatic rings. The van der Waals surface area contributed by atoms with E-state index in [9.17, 15) is 9.59 Å². The normalized spacial score (nSPS) is 11.2. The maximum Gasteiger partial charge on any atom is 0.374 e. The van der Waals surface area contributed by atoms with Crippen molar-refractivity contribution in [2.24, 2.45) is 0 Å². The lowest BCUT2D eigenvalue weighted by atomic mass is 10.0. The van der Waals surface area contributed by atoms with Gasteiger partial charge in [0.25, 0.3) is 0 Å². The molecule has 0 aromatic rings. The minimum absolute atomic E-state index is 0.347. The molecule has 0 bridgehead atoms. The van der Waals surface area contributed by atoms with Crippen LogP contribution in [0.1, 0.15) is 200 Å². The first-order chi connectivity index (χ1) is 18.2. The van der Waals surface area contributed by atoms with Crippen LogP contribution in [-0.2, 0) is 14.3 Å². The van der Waals surface area contributed by atoms with Gasteiger partial charge in [0.15, 0.2) is 0 Å². The fraction of sp³-hybridized carbons (Fsp3) is 0.941. The first-order valence-electron chi connectivity index (χ1n) is 16.9. The Kier molecular flexibility index (Phi) is 30.6. The van der Waals surface area contributed by atoms with E-state index in [1.807, 2.05) is 6.92 Å². The van der Waals surface area contributed by atoms with Crippen LogP contribution >= 0.6 is 0 Å². The number of esters is 1. The Morgan fingerprint density at radius 1 is 0.378 bits per heavy atom. The van der Waals surface area contributed by atoms with E-state index in [2.05, 4.69) is 6.92 Å². The molecule has 0 unspecified atom stereocenters. The quantitative estimate of drug-likeness (QED) is 0.0516. The largest absolute Gasteiger partial charge is 0.460 e. The molecule has 0 aromatic heterocycles. The van der Waals surface area contributed by atoms with Gasteiger partial charge in [-0.3, -0.25) is 4.79 Å². The molecule has 0 rings (SSSR count). The lowest BCUT2D eigenvalue weighted by molar-refractivity contribution is -0.154. The molecule has 0 aromatic carbocycles. The fourth-order valence-corrected chi connectivity index (χ4v) is 5.09. The molecule has 3 heteroatoms. The van der Waals surface area contributed by atoms with E-state index in [0.717, 1.165) is 25.7 Å². The molecule has 0 aliphatic carbocycles. The highest BCUT2D eigenvalue weighted by Crippen LogP contribution is 2.16. The van der Waals surface area contributed by atoms with Crippen molar-refractivity contribution in [3.8, 4) is 0 Å². The number of hydrogen-bond acceptors (Lipinski definition) is 3. The summed E-state index contributed by atoms with van der Waals surface area (Å²) >= 11 is 0. The number of hydrogen-bond donors (Lipinski definition) is 0. The zero-order chi connectivity index (χ0) is 27.1. The van der Waals surface area contributed by atoms with Gasteiger partial charge >= 0.3 is 5.97 Å². The summed E-state index contributed by atoms with van der Waals surface area (Å²) in [6.45, 7) is 4.71. The van der Waals surface area contributed by atoms with E-state index in [1.165, 1.54) is 154 Å². The van der Waals surface area contributed by atoms with Crippen LogP contribution in [0.25, 0.3) is 0 Å². The van der Waals surface area contributed by atoms with Crippen molar-refractivity contribution < 1.29 is 14.3 Å². The smallest absolute Gasteiger partial charge is 0.374 e. The molecule has 0 amide bonds. The Balaban J connectivity index is 3.14. The summed E-state index contributed by atoms with van der Waals surface area (Å²) in [5.41, 5.74) is 0. The molecule has 0 saturated heterocycles. The van der Waals surface area contributed by atoms with Crippen LogP contribution in [0.4, 0.5) is 0 Å². The first kappa shape index (κ1) is 36.1. The van der Waals surface area contributed by atoms with Gasteiger partial charge in [0, 0.05) is 6.42 Å². The van der Waals surface area contributed by atoms with Crippen LogP contribution in [0.2, 0.25) is 0 Å². The van der Waals surface area contributed by atoms with Gasteiger partial charge in [-0.15, -0.1) is 0 Å². The van der Waals surface area contributed by atoms with E-state index < -0.39 is 5.97 Å². The topological polar surface area (TPSA) is 43.4 Å². The van der Waals surface area contributed by atoms with Gasteiger partial charge in [-0.05, 0) is 12.8 Å². The van der Waals surface area contributed by atoms with Gasteiger partial charge < -0.3 is 4.74 Å². The van der Waals surface area contributed by atoms with Crippen molar-refractivity contribution >= 4 is 11.8 Å². The Morgan fingerprint density at radius 2 is 0.649 bits per heavy atom. The van der Waals surface area contributed by atoms with Crippen molar-refractivity contribution in [2.75, 3.05) is 6.61 Å². The molecule has 3 nitrogen and oxygen atoms in total. The summed E-state index contributed by atoms with van der Waals surface area (Å²) in [7, 11) is 0. The van der Waals surface area contributed by atoms with Crippen LogP contribution in [0.3, 0.4) is 0 Å². The zero-order valence-corrected chi connectivity index (χ0v) is 25.4. The highest BCUT2D eigenvalue weighted by Gasteiger charge is 2.14. The van der Waals surface area contributed by atoms with Gasteiger partial charge in [0.1, 0.15) is 0 Å². The molecule has 0 atom stereocenters. The summed E-state index contributed by atoms with van der Waals surface area (Å²) in [4.78, 5) is 23.2. The van der Waals surface area contributed by atoms with E-state index >= 15 is 0 Å². The minimum Gasteiger partial charge on any atom is -0.460 e. The second-order valence-electron chi connectivity index (χ2n) is 11.5. The Bertz CT molecular complexity index is 474. The third kappa shape index (κ3) is 29.5. The van der Waals surface area contributed by atoms with E-state index in [1.54, 1.807) is 0 Å². The van der Waals surface area contributed by atoms with E-state index in [-0.39, 0.29) is 5.78 Å². The monoisotopic (exact) mass is 523 g/mol. The number of carbonyl (C=O) groups excluding carboxylic acids is 2. The molecule has 0 aliphatic heterocycles. The summed E-state index contributed by atoms with van der Waals surface area (Å²) in [5, 5.41) is 0. The Labute approximate surface area is 232 Å². The van der Waals surface area contributed by atoms with Gasteiger partial charge in [0.05, 0.1) is 6.61 Å². The predicted octanol–water partition coefficient (Wildman–Crippen LogP) is 11.5. The molecule has 0 spiro atoms. The number of ketones is 1. The Morgan fingerprint density at radius 3 is 0.946 bits per heavy atom. The lowest BCUT2D eigenvalue weighted by Gasteiger charge is -2.05. The molecule has 220 valence electrons. The van der Waals surface area contributed by atoms with E-state index in [4.69, 9.17) is 4.74 Å². The number of carbonyl (C=O) groups is 2. The van der Waals surface area contributed by atoms with E-state index in [0.29, 0.717) is 13.0 Å². The van der Waals surface area contributed by atoms with Gasteiger partial charge in [0.2, 0.25) is 5.78 Å². The molecule has 0 radical (unpaired) electrons. The molecular weight excluding hydrogens is 456 g/mol. The van der Waals surface area contributed by atoms with Crippen LogP contribution in [-0.4, -0.2) is 18.4 Å². The van der Waals surface area contributed by atoms with Crippen molar-refractivity contribution in [1.29, 1.82) is 0 Å². The van der Waals surface area contributed by atoms with Crippen molar-refractivity contribution in [1.82, 2.24) is 0 Å². The summed E-state index contributed by atoms with van der Waals surface area (Å²) < 4.78 is 4.97. The fourth-order valence-electron chi connectivity index (χ4n) is 5.09. The van der Waals surface area contributed by atoms with Crippen LogP contribution in [0.15, 0.2) is 0 Å². The number of Topliss-reactive ketones (excluding diaryl/α,β-unsaturated/α-hetero) is 1. The summed E-state index contributed by atoms with van der Waals surface area (Å²) in [6.07, 6.45) is 37.9. The highest BCUT2D eigenvalue weighted by molar-refractivity contribution is 6.33. The minimum atomic E-state index is -0.631. The van der Waals surface area contributed by atoms with Crippen molar-refractivity contribution in [3.63, 3.8) is 0 Å². The number of unbranched alkanes of at least 4 members (excludes halogenated alkanes) is 26. The Hall–Kier alpha value is -0.860. The van der Waals surface area contributed by atoms with Gasteiger partial charge in [-0.1, -0.05) is 181 Å². The lowest BCUT2D eigenvalue weighted by Crippen LogP contribution is -2.17. The maximum absolute atomic E-state index is 11.7. The molecule has 37 heavy (non-hydrogen) atoms. The zero-order valence-electron chi connectivity index (χ0n) is 25.4. The highest BCUT2D eigenvalue weighted by atomic mass is 16.5. The summed E-state index contributed by atoms with van der Waals surface area (Å²) in [6, 6.07) is 0. The average molecular weight is 523 g/mol. The molecular formula is C34H66O3. The third-order valence-electron chi connectivity index (χ3n) is 7.72. The third-order valence-corrected chi connectivity index (χ3v) is 7.72. The number of ether oxygens (including phenoxy) is 1. The predicted molar refractivity (Wildman–Crippen MR) is 161 cm³/mol. The molecule has 0 N–H and O–H groups in total. The molecule has 0 heterocycles. The second-order valence-corrected chi connectivity index (χ2v) is 11.5. The van der Waals surface area contributed by atoms with Crippen molar-refractivity contribution in [3.05, 3.63) is 0 Å². The average Bonchev–Trinajstić information content (AvgIpc) is 2.90. The van der Waals surface area contributed by atoms with Crippen LogP contribution < -0.4 is 0 Å². The number of rotatable bonds is 31. The maximum atomic E-state index is 11.7. The van der Waals surface area contributed by atoms with Crippen molar-refractivity contribution in [2.45, 2.75) is 200 Å². The standard InChI is InChI=1S/C34H66O3/c1-3-5-7-8-9-10-11-12-13-14-15-16-17-18-19-20-21-22-23-24-25-26-27-28-29-30-31-33(35)34(36)37-32-6-4-2/h3-32H2,1-2H3. The summed E-state index contributed by atoms with van der Waals surface area (Å²) in [5.74, 6) is -0.978. The van der Waals surface area contributed by atoms with Crippen LogP contribution in [0.5, 0.6) is 0 Å². The first-order valence-corrected chi connectivity index (χ1v) is 16.9.